The van der Waals surface area contributed by atoms with E-state index >= 15 is 0 Å². The van der Waals surface area contributed by atoms with Crippen LogP contribution in [0.3, 0.4) is 0 Å². The molecule has 0 radical (unpaired) electrons. The van der Waals surface area contributed by atoms with Crippen molar-refractivity contribution in [2.24, 2.45) is 0 Å². The second-order valence-electron chi connectivity index (χ2n) is 6.39. The van der Waals surface area contributed by atoms with Gasteiger partial charge in [-0.2, -0.15) is 0 Å². The topological polar surface area (TPSA) is 89.1 Å². The van der Waals surface area contributed by atoms with Crippen LogP contribution in [0.25, 0.3) is 0 Å². The van der Waals surface area contributed by atoms with Gasteiger partial charge in [0, 0.05) is 0 Å². The van der Waals surface area contributed by atoms with E-state index in [0.717, 1.165) is 17.7 Å². The highest BCUT2D eigenvalue weighted by Gasteiger charge is 2.11. The number of H-pyrrole nitrogens is 1. The summed E-state index contributed by atoms with van der Waals surface area (Å²) in [5.74, 6) is 2.04. The highest BCUT2D eigenvalue weighted by atomic mass is 32.2. The Balaban J connectivity index is 1.48. The third kappa shape index (κ3) is 5.99. The molecule has 152 valence electrons. The Bertz CT molecular complexity index is 957. The van der Waals surface area contributed by atoms with Crippen LogP contribution in [0.4, 0.5) is 5.69 Å². The molecule has 0 aliphatic carbocycles. The van der Waals surface area contributed by atoms with Crippen molar-refractivity contribution in [3.8, 4) is 11.5 Å². The first kappa shape index (κ1) is 20.7. The van der Waals surface area contributed by atoms with Gasteiger partial charge in [0.15, 0.2) is 5.82 Å². The monoisotopic (exact) mass is 412 g/mol. The first-order valence-electron chi connectivity index (χ1n) is 9.27. The highest BCUT2D eigenvalue weighted by Crippen LogP contribution is 2.25. The minimum absolute atomic E-state index is 0.155. The van der Waals surface area contributed by atoms with Gasteiger partial charge in [-0.3, -0.25) is 9.89 Å². The number of ether oxygens (including phenoxy) is 2. The van der Waals surface area contributed by atoms with Gasteiger partial charge in [-0.1, -0.05) is 36.9 Å². The molecule has 3 aromatic rings. The van der Waals surface area contributed by atoms with Crippen LogP contribution >= 0.6 is 11.8 Å². The number of hydrogen-bond acceptors (Lipinski definition) is 6. The van der Waals surface area contributed by atoms with Crippen molar-refractivity contribution >= 4 is 23.4 Å². The molecule has 0 fully saturated rings. The third-order valence-electron chi connectivity index (χ3n) is 4.18. The molecule has 2 aromatic carbocycles. The number of carbonyl (C=O) groups is 1. The molecule has 0 spiro atoms. The maximum atomic E-state index is 12.3. The predicted molar refractivity (Wildman–Crippen MR) is 114 cm³/mol. The van der Waals surface area contributed by atoms with Crippen LogP contribution in [-0.2, 0) is 17.8 Å². The number of aromatic amines is 1. The summed E-state index contributed by atoms with van der Waals surface area (Å²) < 4.78 is 11.0. The molecule has 1 amide bonds. The molecule has 0 atom stereocenters. The number of nitrogens with zero attached hydrogens (tertiary/aromatic N) is 2. The largest absolute Gasteiger partial charge is 0.495 e. The van der Waals surface area contributed by atoms with Crippen molar-refractivity contribution in [2.45, 2.75) is 32.0 Å². The number of benzene rings is 2. The number of carbonyl (C=O) groups excluding carboxylic acids is 1. The summed E-state index contributed by atoms with van der Waals surface area (Å²) in [6.07, 6.45) is 0.993. The first-order chi connectivity index (χ1) is 14.1. The van der Waals surface area contributed by atoms with Crippen molar-refractivity contribution in [2.75, 3.05) is 18.2 Å². The van der Waals surface area contributed by atoms with Gasteiger partial charge in [0.05, 0.1) is 18.6 Å². The molecule has 0 saturated heterocycles. The molecular formula is C21H24N4O3S. The van der Waals surface area contributed by atoms with Crippen molar-refractivity contribution in [3.05, 3.63) is 59.4 Å². The second kappa shape index (κ2) is 9.97. The molecule has 1 heterocycles. The number of nitrogens with one attached hydrogen (secondary N) is 2. The van der Waals surface area contributed by atoms with Gasteiger partial charge in [-0.15, -0.1) is 5.10 Å². The van der Waals surface area contributed by atoms with Crippen LogP contribution in [-0.4, -0.2) is 34.0 Å². The quantitative estimate of drug-likeness (QED) is 0.517. The lowest BCUT2D eigenvalue weighted by Crippen LogP contribution is -2.15. The summed E-state index contributed by atoms with van der Waals surface area (Å²) in [5, 5.41) is 10.3. The minimum atomic E-state index is -0.155. The number of methoxy groups -OCH3 is 1. The van der Waals surface area contributed by atoms with Gasteiger partial charge in [-0.05, 0) is 48.7 Å². The number of hydrogen-bond donors (Lipinski definition) is 2. The van der Waals surface area contributed by atoms with Crippen LogP contribution in [0, 0.1) is 6.92 Å². The number of aromatic nitrogens is 3. The normalized spacial score (nSPS) is 10.6. The summed E-state index contributed by atoms with van der Waals surface area (Å²) in [6, 6.07) is 13.6. The fraction of sp³-hybridized carbons (Fsp3) is 0.286. The summed E-state index contributed by atoms with van der Waals surface area (Å²) >= 11 is 1.25. The number of anilines is 1. The lowest BCUT2D eigenvalue weighted by molar-refractivity contribution is -0.113. The maximum absolute atomic E-state index is 12.3. The molecule has 0 unspecified atom stereocenters. The zero-order valence-corrected chi connectivity index (χ0v) is 17.5. The first-order valence-corrected chi connectivity index (χ1v) is 10.3. The molecule has 3 rings (SSSR count). The Morgan fingerprint density at radius 3 is 2.72 bits per heavy atom. The zero-order chi connectivity index (χ0) is 20.6. The number of aryl methyl sites for hydroxylation is 2. The summed E-state index contributed by atoms with van der Waals surface area (Å²) in [5.41, 5.74) is 2.95. The van der Waals surface area contributed by atoms with Crippen molar-refractivity contribution in [1.29, 1.82) is 0 Å². The highest BCUT2D eigenvalue weighted by molar-refractivity contribution is 7.99. The Hall–Kier alpha value is -3.00. The number of thioether (sulfide) groups is 1. The molecule has 0 aliphatic heterocycles. The lowest BCUT2D eigenvalue weighted by Gasteiger charge is -2.10. The zero-order valence-electron chi connectivity index (χ0n) is 16.7. The van der Waals surface area contributed by atoms with Crippen LogP contribution in [0.15, 0.2) is 47.6 Å². The second-order valence-corrected chi connectivity index (χ2v) is 7.33. The predicted octanol–water partition coefficient (Wildman–Crippen LogP) is 3.99. The molecule has 0 saturated carbocycles. The molecular weight excluding hydrogens is 388 g/mol. The van der Waals surface area contributed by atoms with E-state index in [9.17, 15) is 4.79 Å². The van der Waals surface area contributed by atoms with Crippen LogP contribution in [0.2, 0.25) is 0 Å². The van der Waals surface area contributed by atoms with Crippen molar-refractivity contribution in [1.82, 2.24) is 15.2 Å². The molecule has 0 bridgehead atoms. The molecule has 2 N–H and O–H groups in total. The van der Waals surface area contributed by atoms with Crippen LogP contribution < -0.4 is 14.8 Å². The van der Waals surface area contributed by atoms with E-state index in [2.05, 4.69) is 27.4 Å². The number of rotatable bonds is 9. The fourth-order valence-corrected chi connectivity index (χ4v) is 3.23. The van der Waals surface area contributed by atoms with Gasteiger partial charge in [0.25, 0.3) is 0 Å². The van der Waals surface area contributed by atoms with E-state index in [0.29, 0.717) is 22.4 Å². The van der Waals surface area contributed by atoms with Crippen LogP contribution in [0.5, 0.6) is 11.5 Å². The van der Waals surface area contributed by atoms with E-state index in [1.54, 1.807) is 7.11 Å². The Labute approximate surface area is 174 Å². The van der Waals surface area contributed by atoms with Crippen molar-refractivity contribution < 1.29 is 14.3 Å². The number of amides is 1. The summed E-state index contributed by atoms with van der Waals surface area (Å²) in [7, 11) is 1.57. The van der Waals surface area contributed by atoms with E-state index in [4.69, 9.17) is 9.47 Å². The smallest absolute Gasteiger partial charge is 0.234 e. The molecule has 7 nitrogen and oxygen atoms in total. The van der Waals surface area contributed by atoms with Gasteiger partial charge < -0.3 is 14.8 Å². The summed E-state index contributed by atoms with van der Waals surface area (Å²) in [4.78, 5) is 16.6. The van der Waals surface area contributed by atoms with E-state index in [-0.39, 0.29) is 18.3 Å². The van der Waals surface area contributed by atoms with Crippen LogP contribution in [0.1, 0.15) is 23.9 Å². The molecule has 1 aromatic heterocycles. The van der Waals surface area contributed by atoms with Gasteiger partial charge in [0.1, 0.15) is 18.1 Å². The van der Waals surface area contributed by atoms with E-state index < -0.39 is 0 Å². The standard InChI is InChI=1S/C21H24N4O3S/c1-4-15-6-8-16(9-7-15)28-12-19-23-21(25-24-19)29-13-20(26)22-17-11-14(2)5-10-18(17)27-3/h5-11H,4,12-13H2,1-3H3,(H,22,26)(H,23,24,25). The van der Waals surface area contributed by atoms with Gasteiger partial charge >= 0.3 is 0 Å². The fourth-order valence-electron chi connectivity index (χ4n) is 2.62. The summed E-state index contributed by atoms with van der Waals surface area (Å²) in [6.45, 7) is 4.35. The minimum Gasteiger partial charge on any atom is -0.495 e. The lowest BCUT2D eigenvalue weighted by atomic mass is 10.2. The maximum Gasteiger partial charge on any atom is 0.234 e. The Morgan fingerprint density at radius 2 is 2.00 bits per heavy atom. The van der Waals surface area contributed by atoms with Gasteiger partial charge in [-0.25, -0.2) is 4.98 Å². The van der Waals surface area contributed by atoms with E-state index in [1.165, 1.54) is 17.3 Å². The molecule has 8 heteroatoms. The average molecular weight is 413 g/mol. The molecule has 29 heavy (non-hydrogen) atoms. The molecule has 0 aliphatic rings. The Kier molecular flexibility index (Phi) is 7.13. The third-order valence-corrected chi connectivity index (χ3v) is 5.03. The van der Waals surface area contributed by atoms with E-state index in [1.807, 2.05) is 49.4 Å². The Morgan fingerprint density at radius 1 is 1.21 bits per heavy atom. The SMILES string of the molecule is CCc1ccc(OCc2nc(SCC(=O)Nc3cc(C)ccc3OC)n[nH]2)cc1. The van der Waals surface area contributed by atoms with Gasteiger partial charge in [0.2, 0.25) is 11.1 Å². The average Bonchev–Trinajstić information content (AvgIpc) is 3.19. The van der Waals surface area contributed by atoms with Crippen molar-refractivity contribution in [3.63, 3.8) is 0 Å².